The van der Waals surface area contributed by atoms with Gasteiger partial charge in [0.05, 0.1) is 0 Å². The number of anilines is 1. The van der Waals surface area contributed by atoms with Gasteiger partial charge in [-0.1, -0.05) is 42.5 Å². The second kappa shape index (κ2) is 5.52. The van der Waals surface area contributed by atoms with E-state index in [9.17, 15) is 9.90 Å². The number of benzene rings is 2. The van der Waals surface area contributed by atoms with Crippen molar-refractivity contribution in [2.24, 2.45) is 5.73 Å². The van der Waals surface area contributed by atoms with Crippen LogP contribution in [0.4, 0.5) is 5.69 Å². The van der Waals surface area contributed by atoms with E-state index in [-0.39, 0.29) is 5.84 Å². The minimum absolute atomic E-state index is 0.0291. The van der Waals surface area contributed by atoms with Crippen LogP contribution in [0.25, 0.3) is 0 Å². The first-order valence-electron chi connectivity index (χ1n) is 7.07. The van der Waals surface area contributed by atoms with Gasteiger partial charge in [-0.25, -0.2) is 4.79 Å². The van der Waals surface area contributed by atoms with E-state index in [4.69, 9.17) is 11.1 Å². The number of aliphatic carboxylic acids is 1. The maximum absolute atomic E-state index is 11.5. The summed E-state index contributed by atoms with van der Waals surface area (Å²) in [6.45, 7) is 0.520. The fourth-order valence-electron chi connectivity index (χ4n) is 2.85. The fraction of sp³-hybridized carbons (Fsp3) is 0.176. The lowest BCUT2D eigenvalue weighted by molar-refractivity contribution is -0.138. The molecule has 0 saturated heterocycles. The van der Waals surface area contributed by atoms with Crippen molar-refractivity contribution in [2.45, 2.75) is 19.0 Å². The number of rotatable bonds is 4. The number of nitrogens with two attached hydrogens (primary N) is 1. The summed E-state index contributed by atoms with van der Waals surface area (Å²) in [6.07, 6.45) is 0.525. The number of carboxylic acids is 1. The Kier molecular flexibility index (Phi) is 3.55. The summed E-state index contributed by atoms with van der Waals surface area (Å²) in [5.41, 5.74) is 9.15. The Bertz CT molecular complexity index is 725. The van der Waals surface area contributed by atoms with Crippen molar-refractivity contribution in [3.05, 3.63) is 65.2 Å². The molecular weight excluding hydrogens is 278 g/mol. The molecule has 0 amide bonds. The minimum Gasteiger partial charge on any atom is -0.480 e. The van der Waals surface area contributed by atoms with E-state index in [1.165, 1.54) is 0 Å². The van der Waals surface area contributed by atoms with Crippen LogP contribution in [0.1, 0.15) is 16.7 Å². The highest BCUT2D eigenvalue weighted by molar-refractivity contribution is 5.94. The topological polar surface area (TPSA) is 90.4 Å². The van der Waals surface area contributed by atoms with Crippen molar-refractivity contribution >= 4 is 17.5 Å². The molecule has 0 fully saturated rings. The third kappa shape index (κ3) is 2.53. The highest BCUT2D eigenvalue weighted by Gasteiger charge is 2.33. The van der Waals surface area contributed by atoms with Gasteiger partial charge in [-0.15, -0.1) is 0 Å². The number of amidine groups is 1. The molecule has 1 heterocycles. The van der Waals surface area contributed by atoms with Crippen LogP contribution in [0, 0.1) is 5.41 Å². The molecule has 0 aromatic heterocycles. The Labute approximate surface area is 128 Å². The van der Waals surface area contributed by atoms with Crippen molar-refractivity contribution in [3.8, 4) is 0 Å². The van der Waals surface area contributed by atoms with Crippen LogP contribution < -0.4 is 10.6 Å². The van der Waals surface area contributed by atoms with Crippen LogP contribution in [0.15, 0.2) is 48.5 Å². The molecule has 4 N–H and O–H groups in total. The average molecular weight is 295 g/mol. The van der Waals surface area contributed by atoms with Crippen LogP contribution in [-0.4, -0.2) is 23.0 Å². The van der Waals surface area contributed by atoms with Crippen LogP contribution in [-0.2, 0) is 17.8 Å². The van der Waals surface area contributed by atoms with Crippen LogP contribution in [0.3, 0.4) is 0 Å². The molecule has 1 atom stereocenters. The lowest BCUT2D eigenvalue weighted by Gasteiger charge is -2.25. The fourth-order valence-corrected chi connectivity index (χ4v) is 2.85. The molecular formula is C17H17N3O2. The van der Waals surface area contributed by atoms with Crippen LogP contribution in [0.5, 0.6) is 0 Å². The average Bonchev–Trinajstić information content (AvgIpc) is 2.87. The minimum atomic E-state index is -0.809. The molecule has 22 heavy (non-hydrogen) atoms. The number of nitrogens with one attached hydrogen (secondary N) is 1. The number of fused-ring (bicyclic) bond motifs is 1. The lowest BCUT2D eigenvalue weighted by Crippen LogP contribution is -2.38. The summed E-state index contributed by atoms with van der Waals surface area (Å²) >= 11 is 0. The molecule has 2 aromatic rings. The van der Waals surface area contributed by atoms with E-state index in [0.29, 0.717) is 18.5 Å². The Morgan fingerprint density at radius 2 is 1.91 bits per heavy atom. The number of carbonyl (C=O) groups is 1. The van der Waals surface area contributed by atoms with Crippen LogP contribution in [0.2, 0.25) is 0 Å². The first-order valence-corrected chi connectivity index (χ1v) is 7.07. The second-order valence-corrected chi connectivity index (χ2v) is 5.43. The van der Waals surface area contributed by atoms with Gasteiger partial charge in [0.1, 0.15) is 11.9 Å². The number of carboxylic acid groups (broad SMARTS) is 1. The third-order valence-corrected chi connectivity index (χ3v) is 3.99. The zero-order valence-corrected chi connectivity index (χ0v) is 12.0. The quantitative estimate of drug-likeness (QED) is 0.594. The number of nitrogen functional groups attached to an aromatic ring is 1. The van der Waals surface area contributed by atoms with Crippen molar-refractivity contribution in [1.29, 1.82) is 5.41 Å². The number of nitrogens with zero attached hydrogens (tertiary/aromatic N) is 1. The smallest absolute Gasteiger partial charge is 0.326 e. The highest BCUT2D eigenvalue weighted by atomic mass is 16.4. The molecule has 2 aromatic carbocycles. The molecule has 0 aliphatic carbocycles. The first kappa shape index (κ1) is 14.1. The molecule has 3 rings (SSSR count). The maximum atomic E-state index is 11.5. The zero-order chi connectivity index (χ0) is 15.7. The number of hydrogen-bond donors (Lipinski definition) is 3. The molecule has 1 unspecified atom stereocenters. The summed E-state index contributed by atoms with van der Waals surface area (Å²) in [4.78, 5) is 13.4. The molecule has 0 saturated carbocycles. The molecule has 0 bridgehead atoms. The molecule has 112 valence electrons. The van der Waals surface area contributed by atoms with Crippen molar-refractivity contribution in [2.75, 3.05) is 4.90 Å². The van der Waals surface area contributed by atoms with Crippen LogP contribution >= 0.6 is 0 Å². The van der Waals surface area contributed by atoms with Gasteiger partial charge in [-0.3, -0.25) is 5.41 Å². The molecule has 5 heteroatoms. The number of hydrogen-bond acceptors (Lipinski definition) is 3. The molecule has 0 radical (unpaired) electrons. The number of para-hydroxylation sites is 1. The second-order valence-electron chi connectivity index (χ2n) is 5.43. The Morgan fingerprint density at radius 3 is 2.55 bits per heavy atom. The van der Waals surface area contributed by atoms with Crippen molar-refractivity contribution in [1.82, 2.24) is 0 Å². The summed E-state index contributed by atoms with van der Waals surface area (Å²) in [6, 6.07) is 14.6. The third-order valence-electron chi connectivity index (χ3n) is 3.99. The SMILES string of the molecule is N=C(N)c1ccc(CN2c3ccccc3CC2C(=O)O)cc1. The van der Waals surface area contributed by atoms with Gasteiger partial charge in [0.15, 0.2) is 0 Å². The monoisotopic (exact) mass is 295 g/mol. The predicted octanol–water partition coefficient (Wildman–Crippen LogP) is 1.99. The molecule has 0 spiro atoms. The zero-order valence-electron chi connectivity index (χ0n) is 12.0. The summed E-state index contributed by atoms with van der Waals surface area (Å²) in [5, 5.41) is 16.9. The molecule has 1 aliphatic heterocycles. The normalized spacial score (nSPS) is 16.4. The molecule has 1 aliphatic rings. The summed E-state index contributed by atoms with van der Waals surface area (Å²) in [7, 11) is 0. The summed E-state index contributed by atoms with van der Waals surface area (Å²) in [5.74, 6) is -0.780. The van der Waals surface area contributed by atoms with E-state index < -0.39 is 12.0 Å². The van der Waals surface area contributed by atoms with E-state index in [2.05, 4.69) is 0 Å². The van der Waals surface area contributed by atoms with Gasteiger partial charge in [-0.05, 0) is 17.2 Å². The van der Waals surface area contributed by atoms with Gasteiger partial charge in [0, 0.05) is 24.2 Å². The van der Waals surface area contributed by atoms with Gasteiger partial charge >= 0.3 is 5.97 Å². The van der Waals surface area contributed by atoms with E-state index in [0.717, 1.165) is 16.8 Å². The standard InChI is InChI=1S/C17H17N3O2/c18-16(19)12-7-5-11(6-8-12)10-20-14-4-2-1-3-13(14)9-15(20)17(21)22/h1-8,15H,9-10H2,(H3,18,19)(H,21,22). The summed E-state index contributed by atoms with van der Waals surface area (Å²) < 4.78 is 0. The van der Waals surface area contributed by atoms with E-state index >= 15 is 0 Å². The Balaban J connectivity index is 1.88. The first-order chi connectivity index (χ1) is 10.6. The van der Waals surface area contributed by atoms with Gasteiger partial charge in [0.2, 0.25) is 0 Å². The van der Waals surface area contributed by atoms with Gasteiger partial charge in [-0.2, -0.15) is 0 Å². The molecule has 5 nitrogen and oxygen atoms in total. The Hall–Kier alpha value is -2.82. The predicted molar refractivity (Wildman–Crippen MR) is 85.2 cm³/mol. The Morgan fingerprint density at radius 1 is 1.23 bits per heavy atom. The van der Waals surface area contributed by atoms with Gasteiger partial charge < -0.3 is 15.7 Å². The maximum Gasteiger partial charge on any atom is 0.326 e. The highest BCUT2D eigenvalue weighted by Crippen LogP contribution is 2.33. The van der Waals surface area contributed by atoms with Crippen molar-refractivity contribution < 1.29 is 9.90 Å². The largest absolute Gasteiger partial charge is 0.480 e. The van der Waals surface area contributed by atoms with E-state index in [1.807, 2.05) is 41.3 Å². The lowest BCUT2D eigenvalue weighted by atomic mass is 10.1. The van der Waals surface area contributed by atoms with Crippen molar-refractivity contribution in [3.63, 3.8) is 0 Å². The van der Waals surface area contributed by atoms with Gasteiger partial charge in [0.25, 0.3) is 0 Å². The van der Waals surface area contributed by atoms with E-state index in [1.54, 1.807) is 12.1 Å².